The van der Waals surface area contributed by atoms with Gasteiger partial charge in [-0.25, -0.2) is 8.78 Å². The van der Waals surface area contributed by atoms with Crippen LogP contribution in [0.2, 0.25) is 0 Å². The van der Waals surface area contributed by atoms with Crippen molar-refractivity contribution in [3.8, 4) is 5.75 Å². The standard InChI is InChI=1S/C15H14BrF2NO/c1-9(19)15(10-2-4-11(16)5-3-10)20-14-7-6-12(17)8-13(14)18/h2-9,15H,19H2,1H3. The number of nitrogens with two attached hydrogens (primary N) is 1. The Morgan fingerprint density at radius 1 is 1.10 bits per heavy atom. The second-order valence-corrected chi connectivity index (χ2v) is 5.44. The molecule has 2 aromatic rings. The highest BCUT2D eigenvalue weighted by Crippen LogP contribution is 2.27. The molecule has 0 aromatic heterocycles. The third-order valence-electron chi connectivity index (χ3n) is 2.82. The Kier molecular flexibility index (Phi) is 4.73. The van der Waals surface area contributed by atoms with E-state index in [1.54, 1.807) is 6.92 Å². The minimum atomic E-state index is -0.743. The van der Waals surface area contributed by atoms with Crippen LogP contribution in [0.25, 0.3) is 0 Å². The number of hydrogen-bond acceptors (Lipinski definition) is 2. The van der Waals surface area contributed by atoms with Crippen LogP contribution in [0.3, 0.4) is 0 Å². The average Bonchev–Trinajstić information content (AvgIpc) is 2.39. The normalized spacial score (nSPS) is 13.8. The molecule has 0 aliphatic carbocycles. The minimum absolute atomic E-state index is 0.0170. The van der Waals surface area contributed by atoms with Crippen molar-refractivity contribution in [2.75, 3.05) is 0 Å². The third kappa shape index (κ3) is 3.55. The van der Waals surface area contributed by atoms with E-state index in [1.807, 2.05) is 24.3 Å². The first-order chi connectivity index (χ1) is 9.47. The molecule has 5 heteroatoms. The van der Waals surface area contributed by atoms with Crippen LogP contribution in [0.1, 0.15) is 18.6 Å². The van der Waals surface area contributed by atoms with Crippen LogP contribution < -0.4 is 10.5 Å². The summed E-state index contributed by atoms with van der Waals surface area (Å²) in [5.74, 6) is -1.40. The third-order valence-corrected chi connectivity index (χ3v) is 3.35. The lowest BCUT2D eigenvalue weighted by Gasteiger charge is -2.23. The van der Waals surface area contributed by atoms with Crippen molar-refractivity contribution in [1.29, 1.82) is 0 Å². The Balaban J connectivity index is 2.28. The number of benzene rings is 2. The Morgan fingerprint density at radius 2 is 1.75 bits per heavy atom. The second kappa shape index (κ2) is 6.33. The molecule has 0 aliphatic rings. The molecule has 0 spiro atoms. The first-order valence-corrected chi connectivity index (χ1v) is 6.89. The van der Waals surface area contributed by atoms with Gasteiger partial charge in [-0.1, -0.05) is 28.1 Å². The zero-order valence-electron chi connectivity index (χ0n) is 10.8. The first-order valence-electron chi connectivity index (χ1n) is 6.10. The maximum atomic E-state index is 13.6. The van der Waals surface area contributed by atoms with Gasteiger partial charge in [-0.05, 0) is 36.8 Å². The molecular weight excluding hydrogens is 328 g/mol. The van der Waals surface area contributed by atoms with Crippen molar-refractivity contribution in [2.45, 2.75) is 19.1 Å². The van der Waals surface area contributed by atoms with Gasteiger partial charge in [0.15, 0.2) is 11.6 Å². The van der Waals surface area contributed by atoms with Crippen molar-refractivity contribution in [1.82, 2.24) is 0 Å². The molecule has 0 amide bonds. The summed E-state index contributed by atoms with van der Waals surface area (Å²) in [6.07, 6.45) is -0.511. The number of halogens is 3. The molecule has 20 heavy (non-hydrogen) atoms. The SMILES string of the molecule is CC(N)C(Oc1ccc(F)cc1F)c1ccc(Br)cc1. The molecule has 0 radical (unpaired) electrons. The summed E-state index contributed by atoms with van der Waals surface area (Å²) in [6.45, 7) is 1.77. The number of ether oxygens (including phenoxy) is 1. The number of rotatable bonds is 4. The van der Waals surface area contributed by atoms with Gasteiger partial charge >= 0.3 is 0 Å². The van der Waals surface area contributed by atoms with Crippen molar-refractivity contribution in [3.05, 3.63) is 64.1 Å². The molecule has 2 atom stereocenters. The fourth-order valence-electron chi connectivity index (χ4n) is 1.84. The molecule has 0 saturated heterocycles. The van der Waals surface area contributed by atoms with Gasteiger partial charge in [-0.15, -0.1) is 0 Å². The van der Waals surface area contributed by atoms with Crippen molar-refractivity contribution in [3.63, 3.8) is 0 Å². The Labute approximate surface area is 124 Å². The summed E-state index contributed by atoms with van der Waals surface area (Å²) < 4.78 is 33.1. The summed E-state index contributed by atoms with van der Waals surface area (Å²) in [7, 11) is 0. The van der Waals surface area contributed by atoms with Crippen LogP contribution in [0.5, 0.6) is 5.75 Å². The molecule has 2 N–H and O–H groups in total. The molecule has 2 nitrogen and oxygen atoms in total. The lowest BCUT2D eigenvalue weighted by molar-refractivity contribution is 0.172. The van der Waals surface area contributed by atoms with Crippen LogP contribution in [0, 0.1) is 11.6 Å². The van der Waals surface area contributed by atoms with Gasteiger partial charge in [-0.3, -0.25) is 0 Å². The van der Waals surface area contributed by atoms with Crippen LogP contribution in [-0.2, 0) is 0 Å². The van der Waals surface area contributed by atoms with Gasteiger partial charge in [0.25, 0.3) is 0 Å². The van der Waals surface area contributed by atoms with E-state index < -0.39 is 17.7 Å². The summed E-state index contributed by atoms with van der Waals surface area (Å²) >= 11 is 3.34. The molecule has 0 fully saturated rings. The van der Waals surface area contributed by atoms with E-state index in [-0.39, 0.29) is 11.8 Å². The van der Waals surface area contributed by atoms with Gasteiger partial charge in [0.1, 0.15) is 11.9 Å². The quantitative estimate of drug-likeness (QED) is 0.904. The van der Waals surface area contributed by atoms with Crippen molar-refractivity contribution >= 4 is 15.9 Å². The van der Waals surface area contributed by atoms with Gasteiger partial charge < -0.3 is 10.5 Å². The molecule has 0 aliphatic heterocycles. The largest absolute Gasteiger partial charge is 0.481 e. The lowest BCUT2D eigenvalue weighted by Crippen LogP contribution is -2.29. The fourth-order valence-corrected chi connectivity index (χ4v) is 2.10. The van der Waals surface area contributed by atoms with E-state index in [2.05, 4.69) is 15.9 Å². The molecule has 0 saturated carbocycles. The summed E-state index contributed by atoms with van der Waals surface area (Å²) in [4.78, 5) is 0. The van der Waals surface area contributed by atoms with E-state index in [9.17, 15) is 8.78 Å². The smallest absolute Gasteiger partial charge is 0.168 e. The summed E-state index contributed by atoms with van der Waals surface area (Å²) in [6, 6.07) is 10.3. The molecule has 2 rings (SSSR count). The summed E-state index contributed by atoms with van der Waals surface area (Å²) in [5.41, 5.74) is 6.73. The minimum Gasteiger partial charge on any atom is -0.481 e. The van der Waals surface area contributed by atoms with E-state index in [0.29, 0.717) is 0 Å². The van der Waals surface area contributed by atoms with Gasteiger partial charge in [0.2, 0.25) is 0 Å². The van der Waals surface area contributed by atoms with Crippen molar-refractivity contribution < 1.29 is 13.5 Å². The van der Waals surface area contributed by atoms with Crippen molar-refractivity contribution in [2.24, 2.45) is 5.73 Å². The van der Waals surface area contributed by atoms with Crippen LogP contribution >= 0.6 is 15.9 Å². The topological polar surface area (TPSA) is 35.2 Å². The van der Waals surface area contributed by atoms with Gasteiger partial charge in [-0.2, -0.15) is 0 Å². The van der Waals surface area contributed by atoms with Gasteiger partial charge in [0, 0.05) is 16.6 Å². The molecule has 2 unspecified atom stereocenters. The van der Waals surface area contributed by atoms with Crippen LogP contribution in [0.15, 0.2) is 46.9 Å². The maximum Gasteiger partial charge on any atom is 0.168 e. The van der Waals surface area contributed by atoms with E-state index in [0.717, 1.165) is 22.2 Å². The maximum absolute atomic E-state index is 13.6. The predicted octanol–water partition coefficient (Wildman–Crippen LogP) is 4.19. The summed E-state index contributed by atoms with van der Waals surface area (Å²) in [5, 5.41) is 0. The Morgan fingerprint density at radius 3 is 2.30 bits per heavy atom. The monoisotopic (exact) mass is 341 g/mol. The highest BCUT2D eigenvalue weighted by molar-refractivity contribution is 9.10. The van der Waals surface area contributed by atoms with E-state index in [4.69, 9.17) is 10.5 Å². The fraction of sp³-hybridized carbons (Fsp3) is 0.200. The van der Waals surface area contributed by atoms with Crippen LogP contribution in [0.4, 0.5) is 8.78 Å². The highest BCUT2D eigenvalue weighted by Gasteiger charge is 2.20. The predicted molar refractivity (Wildman–Crippen MR) is 77.5 cm³/mol. The Bertz CT molecular complexity index is 587. The second-order valence-electron chi connectivity index (χ2n) is 4.52. The first kappa shape index (κ1) is 14.9. The number of hydrogen-bond donors (Lipinski definition) is 1. The van der Waals surface area contributed by atoms with Crippen LogP contribution in [-0.4, -0.2) is 6.04 Å². The molecule has 2 aromatic carbocycles. The zero-order chi connectivity index (χ0) is 14.7. The lowest BCUT2D eigenvalue weighted by atomic mass is 10.0. The Hall–Kier alpha value is -1.46. The van der Waals surface area contributed by atoms with E-state index >= 15 is 0 Å². The van der Waals surface area contributed by atoms with Gasteiger partial charge in [0.05, 0.1) is 0 Å². The zero-order valence-corrected chi connectivity index (χ0v) is 12.4. The average molecular weight is 342 g/mol. The highest BCUT2D eigenvalue weighted by atomic mass is 79.9. The molecule has 0 heterocycles. The molecular formula is C15H14BrF2NO. The van der Waals surface area contributed by atoms with E-state index in [1.165, 1.54) is 6.07 Å². The molecule has 0 bridgehead atoms. The molecule has 106 valence electrons.